The van der Waals surface area contributed by atoms with Crippen LogP contribution >= 0.6 is 15.9 Å². The minimum atomic E-state index is 0.663. The number of hydrogen-bond donors (Lipinski definition) is 0. The molecule has 0 spiro atoms. The normalized spacial score (nSPS) is 10.9. The molecule has 0 aliphatic heterocycles. The minimum absolute atomic E-state index is 0.663. The Morgan fingerprint density at radius 1 is 1.18 bits per heavy atom. The van der Waals surface area contributed by atoms with Gasteiger partial charge in [0.25, 0.3) is 0 Å². The molecule has 0 N–H and O–H groups in total. The highest BCUT2D eigenvalue weighted by molar-refractivity contribution is 9.10. The van der Waals surface area contributed by atoms with Gasteiger partial charge in [0.2, 0.25) is 0 Å². The third-order valence-electron chi connectivity index (χ3n) is 3.86. The van der Waals surface area contributed by atoms with E-state index in [0.717, 1.165) is 39.6 Å². The molecule has 0 aliphatic carbocycles. The summed E-state index contributed by atoms with van der Waals surface area (Å²) in [6.45, 7) is 2.10. The fourth-order valence-electron chi connectivity index (χ4n) is 2.62. The molecule has 0 bridgehead atoms. The van der Waals surface area contributed by atoms with Gasteiger partial charge in [-0.3, -0.25) is 4.79 Å². The number of benzene rings is 1. The van der Waals surface area contributed by atoms with Crippen molar-refractivity contribution in [3.8, 4) is 16.9 Å². The summed E-state index contributed by atoms with van der Waals surface area (Å²) in [7, 11) is 1.64. The summed E-state index contributed by atoms with van der Waals surface area (Å²) in [5.74, 6) is 0.778. The largest absolute Gasteiger partial charge is 0.497 e. The molecular weight excluding hydrogens is 342 g/mol. The molecule has 3 rings (SSSR count). The third kappa shape index (κ3) is 2.44. The second-order valence-electron chi connectivity index (χ2n) is 5.09. The Morgan fingerprint density at radius 3 is 2.64 bits per heavy atom. The summed E-state index contributed by atoms with van der Waals surface area (Å²) in [5, 5.41) is 0. The molecule has 0 unspecified atom stereocenters. The number of aryl methyl sites for hydroxylation is 1. The van der Waals surface area contributed by atoms with Crippen LogP contribution in [0.3, 0.4) is 0 Å². The van der Waals surface area contributed by atoms with Crippen molar-refractivity contribution >= 4 is 27.7 Å². The van der Waals surface area contributed by atoms with Crippen LogP contribution in [0.15, 0.2) is 47.1 Å². The predicted molar refractivity (Wildman–Crippen MR) is 91.9 cm³/mol. The van der Waals surface area contributed by atoms with E-state index in [9.17, 15) is 4.79 Å². The van der Waals surface area contributed by atoms with Gasteiger partial charge in [-0.1, -0.05) is 28.9 Å². The van der Waals surface area contributed by atoms with Crippen LogP contribution in [0.5, 0.6) is 5.75 Å². The van der Waals surface area contributed by atoms with Crippen molar-refractivity contribution < 1.29 is 9.53 Å². The highest BCUT2D eigenvalue weighted by Gasteiger charge is 2.14. The van der Waals surface area contributed by atoms with Crippen molar-refractivity contribution in [3.63, 3.8) is 0 Å². The first-order valence-corrected chi connectivity index (χ1v) is 7.90. The van der Waals surface area contributed by atoms with Gasteiger partial charge in [0.1, 0.15) is 5.75 Å². The van der Waals surface area contributed by atoms with Crippen LogP contribution in [0.1, 0.15) is 23.0 Å². The van der Waals surface area contributed by atoms with E-state index in [4.69, 9.17) is 4.74 Å². The Morgan fingerprint density at radius 2 is 2.00 bits per heavy atom. The number of nitrogens with zero attached hydrogens (tertiary/aromatic N) is 1. The molecule has 112 valence electrons. The average molecular weight is 358 g/mol. The van der Waals surface area contributed by atoms with Crippen LogP contribution in [-0.2, 0) is 6.42 Å². The lowest BCUT2D eigenvalue weighted by atomic mass is 10.1. The molecule has 2 aromatic heterocycles. The molecule has 4 heteroatoms. The van der Waals surface area contributed by atoms with E-state index >= 15 is 0 Å². The number of methoxy groups -OCH3 is 1. The van der Waals surface area contributed by atoms with Gasteiger partial charge in [-0.2, -0.15) is 0 Å². The molecule has 0 saturated heterocycles. The summed E-state index contributed by atoms with van der Waals surface area (Å²) >= 11 is 3.57. The summed E-state index contributed by atoms with van der Waals surface area (Å²) in [6.07, 6.45) is 3.88. The lowest BCUT2D eigenvalue weighted by Gasteiger charge is -2.07. The Hall–Kier alpha value is -2.07. The molecule has 0 aliphatic rings. The van der Waals surface area contributed by atoms with E-state index in [1.54, 1.807) is 7.11 Å². The number of carbonyl (C=O) groups excluding carboxylic acids is 1. The van der Waals surface area contributed by atoms with Crippen molar-refractivity contribution in [3.05, 3.63) is 58.3 Å². The Bertz CT molecular complexity index is 852. The van der Waals surface area contributed by atoms with Crippen molar-refractivity contribution in [1.82, 2.24) is 4.40 Å². The number of aromatic nitrogens is 1. The van der Waals surface area contributed by atoms with E-state index in [-0.39, 0.29) is 0 Å². The maximum atomic E-state index is 11.6. The summed E-state index contributed by atoms with van der Waals surface area (Å²) < 4.78 is 8.09. The predicted octanol–water partition coefficient (Wildman–Crippen LogP) is 4.75. The second kappa shape index (κ2) is 5.97. The number of rotatable bonds is 4. The Balaban J connectivity index is 2.24. The number of aldehydes is 1. The fraction of sp³-hybridized carbons (Fsp3) is 0.167. The van der Waals surface area contributed by atoms with Gasteiger partial charge in [-0.15, -0.1) is 0 Å². The Kier molecular flexibility index (Phi) is 4.03. The van der Waals surface area contributed by atoms with E-state index in [0.29, 0.717) is 5.69 Å². The molecule has 0 saturated carbocycles. The molecule has 1 aromatic carbocycles. The van der Waals surface area contributed by atoms with Crippen LogP contribution in [0, 0.1) is 0 Å². The van der Waals surface area contributed by atoms with Gasteiger partial charge in [0.15, 0.2) is 6.29 Å². The lowest BCUT2D eigenvalue weighted by Crippen LogP contribution is -1.95. The van der Waals surface area contributed by atoms with Crippen LogP contribution in [0.4, 0.5) is 0 Å². The monoisotopic (exact) mass is 357 g/mol. The zero-order valence-electron chi connectivity index (χ0n) is 12.5. The molecule has 3 nitrogen and oxygen atoms in total. The first kappa shape index (κ1) is 14.9. The second-order valence-corrected chi connectivity index (χ2v) is 5.95. The smallest absolute Gasteiger partial charge is 0.167 e. The molecule has 0 radical (unpaired) electrons. The van der Waals surface area contributed by atoms with Gasteiger partial charge >= 0.3 is 0 Å². The molecule has 3 aromatic rings. The minimum Gasteiger partial charge on any atom is -0.497 e. The molecule has 22 heavy (non-hydrogen) atoms. The number of ether oxygens (including phenoxy) is 1. The SMILES string of the molecule is CCc1ccc2cc(-c3ccc(OC)cc3Br)c(C=O)n2c1. The molecule has 0 amide bonds. The average Bonchev–Trinajstić information content (AvgIpc) is 2.91. The van der Waals surface area contributed by atoms with Crippen molar-refractivity contribution in [2.75, 3.05) is 7.11 Å². The quantitative estimate of drug-likeness (QED) is 0.630. The highest BCUT2D eigenvalue weighted by atomic mass is 79.9. The molecular formula is C18H16BrNO2. The summed E-state index contributed by atoms with van der Waals surface area (Å²) in [4.78, 5) is 11.6. The van der Waals surface area contributed by atoms with Crippen molar-refractivity contribution in [2.45, 2.75) is 13.3 Å². The first-order chi connectivity index (χ1) is 10.7. The number of fused-ring (bicyclic) bond motifs is 1. The van der Waals surface area contributed by atoms with Gasteiger partial charge in [-0.25, -0.2) is 0 Å². The maximum Gasteiger partial charge on any atom is 0.167 e. The highest BCUT2D eigenvalue weighted by Crippen LogP contribution is 2.35. The van der Waals surface area contributed by atoms with Gasteiger partial charge < -0.3 is 9.14 Å². The number of pyridine rings is 1. The van der Waals surface area contributed by atoms with Gasteiger partial charge in [0, 0.05) is 21.7 Å². The van der Waals surface area contributed by atoms with E-state index < -0.39 is 0 Å². The number of hydrogen-bond acceptors (Lipinski definition) is 2. The van der Waals surface area contributed by atoms with Crippen LogP contribution < -0.4 is 4.74 Å². The maximum absolute atomic E-state index is 11.6. The van der Waals surface area contributed by atoms with Crippen LogP contribution in [0.2, 0.25) is 0 Å². The Labute approximate surface area is 137 Å². The fourth-order valence-corrected chi connectivity index (χ4v) is 3.19. The standard InChI is InChI=1S/C18H16BrNO2/c1-3-12-4-5-13-8-16(18(11-21)20(13)10-12)15-7-6-14(22-2)9-17(15)19/h4-11H,3H2,1-2H3. The summed E-state index contributed by atoms with van der Waals surface area (Å²) in [6, 6.07) is 11.9. The molecule has 0 fully saturated rings. The van der Waals surface area contributed by atoms with Crippen molar-refractivity contribution in [2.24, 2.45) is 0 Å². The third-order valence-corrected chi connectivity index (χ3v) is 4.51. The van der Waals surface area contributed by atoms with E-state index in [2.05, 4.69) is 28.9 Å². The number of halogens is 1. The topological polar surface area (TPSA) is 30.7 Å². The van der Waals surface area contributed by atoms with Gasteiger partial charge in [-0.05, 0) is 47.9 Å². The van der Waals surface area contributed by atoms with Crippen molar-refractivity contribution in [1.29, 1.82) is 0 Å². The lowest BCUT2D eigenvalue weighted by molar-refractivity contribution is 0.111. The number of carbonyl (C=O) groups is 1. The molecule has 2 heterocycles. The zero-order valence-corrected chi connectivity index (χ0v) is 14.1. The van der Waals surface area contributed by atoms with Gasteiger partial charge in [0.05, 0.1) is 12.8 Å². The summed E-state index contributed by atoms with van der Waals surface area (Å²) in [5.41, 5.74) is 4.77. The molecule has 0 atom stereocenters. The van der Waals surface area contributed by atoms with E-state index in [1.807, 2.05) is 40.9 Å². The zero-order chi connectivity index (χ0) is 15.7. The first-order valence-electron chi connectivity index (χ1n) is 7.11. The van der Waals surface area contributed by atoms with E-state index in [1.165, 1.54) is 5.56 Å². The van der Waals surface area contributed by atoms with Crippen LogP contribution in [0.25, 0.3) is 16.6 Å². The van der Waals surface area contributed by atoms with Crippen LogP contribution in [-0.4, -0.2) is 17.8 Å².